The highest BCUT2D eigenvalue weighted by Crippen LogP contribution is 2.30. The number of hydrogen-bond donors (Lipinski definition) is 3. The molecule has 34 heavy (non-hydrogen) atoms. The molecule has 2 aromatic heterocycles. The van der Waals surface area contributed by atoms with E-state index in [4.69, 9.17) is 0 Å². The Kier molecular flexibility index (Phi) is 6.35. The summed E-state index contributed by atoms with van der Waals surface area (Å²) in [7, 11) is 0. The number of aryl methyl sites for hydroxylation is 1. The lowest BCUT2D eigenvalue weighted by atomic mass is 9.95. The van der Waals surface area contributed by atoms with Crippen LogP contribution < -0.4 is 10.6 Å². The molecule has 3 heterocycles. The first-order valence-corrected chi connectivity index (χ1v) is 12.0. The van der Waals surface area contributed by atoms with Gasteiger partial charge >= 0.3 is 0 Å². The summed E-state index contributed by atoms with van der Waals surface area (Å²) in [5, 5.41) is 21.1. The molecule has 1 saturated heterocycles. The first-order chi connectivity index (χ1) is 16.0. The predicted octanol–water partition coefficient (Wildman–Crippen LogP) is 4.48. The fraction of sp³-hybridized carbons (Fsp3) is 0.417. The van der Waals surface area contributed by atoms with Crippen LogP contribution in [0.25, 0.3) is 0 Å². The molecule has 9 nitrogen and oxygen atoms in total. The van der Waals surface area contributed by atoms with E-state index in [0.717, 1.165) is 18.5 Å². The lowest BCUT2D eigenvalue weighted by molar-refractivity contribution is -0.138. The standard InChI is InChI=1S/C24H30N6O3S/c1-14-6-7-17(31)15(2)20(14)27-21(32)18-12-25-23(34-18)26-19-9-11-30(28-19)16-8-10-29(13-16)22(33)24(3,4)5/h6-7,9,11-12,16,31H,8,10,13H2,1-5H3,(H,27,32)(H,25,26,28)/t16-/m1/s1. The van der Waals surface area contributed by atoms with Crippen LogP contribution in [0.5, 0.6) is 5.75 Å². The number of amides is 2. The summed E-state index contributed by atoms with van der Waals surface area (Å²) in [6.07, 6.45) is 4.27. The summed E-state index contributed by atoms with van der Waals surface area (Å²) in [6.45, 7) is 10.8. The van der Waals surface area contributed by atoms with E-state index in [9.17, 15) is 14.7 Å². The van der Waals surface area contributed by atoms with E-state index in [1.165, 1.54) is 17.5 Å². The second-order valence-electron chi connectivity index (χ2n) is 9.64. The molecule has 1 atom stereocenters. The molecule has 0 unspecified atom stereocenters. The average Bonchev–Trinajstić information content (AvgIpc) is 3.53. The Bertz CT molecular complexity index is 1230. The van der Waals surface area contributed by atoms with Crippen molar-refractivity contribution in [1.82, 2.24) is 19.7 Å². The highest BCUT2D eigenvalue weighted by Gasteiger charge is 2.33. The summed E-state index contributed by atoms with van der Waals surface area (Å²) >= 11 is 1.22. The number of thiazole rings is 1. The van der Waals surface area contributed by atoms with Crippen molar-refractivity contribution in [1.29, 1.82) is 0 Å². The molecule has 1 aromatic carbocycles. The number of rotatable bonds is 5. The maximum absolute atomic E-state index is 12.7. The van der Waals surface area contributed by atoms with E-state index < -0.39 is 5.41 Å². The minimum atomic E-state index is -0.390. The highest BCUT2D eigenvalue weighted by molar-refractivity contribution is 7.17. The van der Waals surface area contributed by atoms with Gasteiger partial charge in [-0.25, -0.2) is 4.98 Å². The quantitative estimate of drug-likeness (QED) is 0.494. The number of nitrogens with zero attached hydrogens (tertiary/aromatic N) is 4. The number of likely N-dealkylation sites (tertiary alicyclic amines) is 1. The van der Waals surface area contributed by atoms with Crippen LogP contribution in [0.2, 0.25) is 0 Å². The number of aromatic hydroxyl groups is 1. The number of hydrogen-bond acceptors (Lipinski definition) is 7. The van der Waals surface area contributed by atoms with Gasteiger partial charge in [-0.15, -0.1) is 0 Å². The van der Waals surface area contributed by atoms with Gasteiger partial charge in [-0.05, 0) is 31.9 Å². The number of benzene rings is 1. The first-order valence-electron chi connectivity index (χ1n) is 11.2. The molecule has 4 rings (SSSR count). The lowest BCUT2D eigenvalue weighted by Crippen LogP contribution is -2.38. The zero-order valence-electron chi connectivity index (χ0n) is 20.0. The monoisotopic (exact) mass is 482 g/mol. The molecule has 0 bridgehead atoms. The largest absolute Gasteiger partial charge is 0.508 e. The molecule has 3 N–H and O–H groups in total. The summed E-state index contributed by atoms with van der Waals surface area (Å²) in [5.74, 6) is 0.630. The molecular weight excluding hydrogens is 452 g/mol. The lowest BCUT2D eigenvalue weighted by Gasteiger charge is -2.25. The van der Waals surface area contributed by atoms with Crippen LogP contribution in [0.1, 0.15) is 54.0 Å². The summed E-state index contributed by atoms with van der Waals surface area (Å²) in [5.41, 5.74) is 1.70. The Morgan fingerprint density at radius 1 is 1.21 bits per heavy atom. The van der Waals surface area contributed by atoms with Gasteiger partial charge in [-0.2, -0.15) is 5.10 Å². The smallest absolute Gasteiger partial charge is 0.267 e. The van der Waals surface area contributed by atoms with Crippen molar-refractivity contribution in [2.45, 2.75) is 47.1 Å². The van der Waals surface area contributed by atoms with E-state index in [2.05, 4.69) is 20.7 Å². The fourth-order valence-corrected chi connectivity index (χ4v) is 4.69. The third-order valence-electron chi connectivity index (χ3n) is 5.92. The van der Waals surface area contributed by atoms with Gasteiger partial charge in [0.15, 0.2) is 10.9 Å². The van der Waals surface area contributed by atoms with Gasteiger partial charge in [-0.1, -0.05) is 38.2 Å². The fourth-order valence-electron chi connectivity index (χ4n) is 3.97. The second-order valence-corrected chi connectivity index (χ2v) is 10.7. The van der Waals surface area contributed by atoms with Crippen LogP contribution in [0.3, 0.4) is 0 Å². The van der Waals surface area contributed by atoms with Gasteiger partial charge in [0.2, 0.25) is 5.91 Å². The van der Waals surface area contributed by atoms with Crippen LogP contribution in [-0.2, 0) is 4.79 Å². The third-order valence-corrected chi connectivity index (χ3v) is 6.83. The maximum Gasteiger partial charge on any atom is 0.267 e. The van der Waals surface area contributed by atoms with E-state index >= 15 is 0 Å². The number of phenols is 1. The Labute approximate surface area is 202 Å². The predicted molar refractivity (Wildman–Crippen MR) is 133 cm³/mol. The molecule has 0 saturated carbocycles. The van der Waals surface area contributed by atoms with Crippen molar-refractivity contribution in [2.75, 3.05) is 23.7 Å². The zero-order valence-corrected chi connectivity index (χ0v) is 20.9. The molecule has 2 amide bonds. The van der Waals surface area contributed by atoms with E-state index in [1.807, 2.05) is 49.5 Å². The number of nitrogens with one attached hydrogen (secondary N) is 2. The summed E-state index contributed by atoms with van der Waals surface area (Å²) in [6, 6.07) is 5.36. The Balaban J connectivity index is 1.39. The normalized spacial score (nSPS) is 16.0. The summed E-state index contributed by atoms with van der Waals surface area (Å²) in [4.78, 5) is 31.9. The van der Waals surface area contributed by atoms with Crippen molar-refractivity contribution >= 4 is 39.8 Å². The molecule has 1 fully saturated rings. The number of carbonyl (C=O) groups is 2. The number of carbonyl (C=O) groups excluding carboxylic acids is 2. The average molecular weight is 483 g/mol. The second kappa shape index (κ2) is 9.09. The SMILES string of the molecule is Cc1ccc(O)c(C)c1NC(=O)c1cnc(Nc2ccn([C@@H]3CCN(C(=O)C(C)(C)C)C3)n2)s1. The van der Waals surface area contributed by atoms with Crippen LogP contribution in [-0.4, -0.2) is 49.7 Å². The van der Waals surface area contributed by atoms with Crippen molar-refractivity contribution in [3.63, 3.8) is 0 Å². The van der Waals surface area contributed by atoms with Crippen LogP contribution >= 0.6 is 11.3 Å². The minimum Gasteiger partial charge on any atom is -0.508 e. The van der Waals surface area contributed by atoms with Gasteiger partial charge in [-0.3, -0.25) is 14.3 Å². The van der Waals surface area contributed by atoms with Gasteiger partial charge in [0.25, 0.3) is 5.91 Å². The van der Waals surface area contributed by atoms with Crippen LogP contribution in [0, 0.1) is 19.3 Å². The number of anilines is 3. The zero-order chi connectivity index (χ0) is 24.6. The van der Waals surface area contributed by atoms with Crippen LogP contribution in [0.15, 0.2) is 30.6 Å². The van der Waals surface area contributed by atoms with Crippen LogP contribution in [0.4, 0.5) is 16.6 Å². The van der Waals surface area contributed by atoms with Gasteiger partial charge in [0.1, 0.15) is 10.6 Å². The van der Waals surface area contributed by atoms with Gasteiger partial charge in [0.05, 0.1) is 17.9 Å². The highest BCUT2D eigenvalue weighted by atomic mass is 32.1. The molecule has 1 aliphatic heterocycles. The number of aromatic nitrogens is 3. The minimum absolute atomic E-state index is 0.133. The van der Waals surface area contributed by atoms with Crippen molar-refractivity contribution in [3.05, 3.63) is 46.6 Å². The first kappa shape index (κ1) is 23.7. The van der Waals surface area contributed by atoms with Crippen molar-refractivity contribution < 1.29 is 14.7 Å². The Morgan fingerprint density at radius 3 is 2.71 bits per heavy atom. The van der Waals surface area contributed by atoms with Gasteiger partial charge in [0, 0.05) is 36.3 Å². The third kappa shape index (κ3) is 4.91. The summed E-state index contributed by atoms with van der Waals surface area (Å²) < 4.78 is 1.88. The molecule has 0 spiro atoms. The van der Waals surface area contributed by atoms with Crippen molar-refractivity contribution in [3.8, 4) is 5.75 Å². The van der Waals surface area contributed by atoms with E-state index in [1.54, 1.807) is 19.1 Å². The number of phenolic OH excluding ortho intramolecular Hbond substituents is 1. The Hall–Kier alpha value is -3.40. The van der Waals surface area contributed by atoms with Crippen molar-refractivity contribution in [2.24, 2.45) is 5.41 Å². The maximum atomic E-state index is 12.7. The molecule has 10 heteroatoms. The topological polar surface area (TPSA) is 112 Å². The molecule has 3 aromatic rings. The molecule has 0 aliphatic carbocycles. The molecule has 180 valence electrons. The molecular formula is C24H30N6O3S. The van der Waals surface area contributed by atoms with Gasteiger partial charge < -0.3 is 20.6 Å². The van der Waals surface area contributed by atoms with E-state index in [0.29, 0.717) is 33.6 Å². The Morgan fingerprint density at radius 2 is 1.97 bits per heavy atom. The molecule has 0 radical (unpaired) electrons. The van der Waals surface area contributed by atoms with E-state index in [-0.39, 0.29) is 23.6 Å². The molecule has 1 aliphatic rings.